The number of thioether (sulfide) groups is 1. The average Bonchev–Trinajstić information content (AvgIpc) is 2.55. The molecule has 2 aromatic rings. The molecule has 0 radical (unpaired) electrons. The third-order valence-corrected chi connectivity index (χ3v) is 3.98. The fourth-order valence-electron chi connectivity index (χ4n) is 1.85. The molecule has 0 bridgehead atoms. The SMILES string of the molecule is CSc1ccccc1NC(=O)COC(=O)c1cc(Cl)ccc1N. The summed E-state index contributed by atoms with van der Waals surface area (Å²) in [6.45, 7) is -0.409. The minimum Gasteiger partial charge on any atom is -0.452 e. The van der Waals surface area contributed by atoms with Crippen molar-refractivity contribution in [3.05, 3.63) is 53.1 Å². The Bertz CT molecular complexity index is 737. The van der Waals surface area contributed by atoms with Crippen molar-refractivity contribution in [3.8, 4) is 0 Å². The fourth-order valence-corrected chi connectivity index (χ4v) is 2.57. The molecule has 5 nitrogen and oxygen atoms in total. The summed E-state index contributed by atoms with van der Waals surface area (Å²) >= 11 is 7.33. The lowest BCUT2D eigenvalue weighted by atomic mass is 10.2. The molecule has 0 aromatic heterocycles. The summed E-state index contributed by atoms with van der Waals surface area (Å²) in [6, 6.07) is 11.8. The van der Waals surface area contributed by atoms with E-state index in [1.807, 2.05) is 24.5 Å². The number of para-hydroxylation sites is 1. The molecule has 2 rings (SSSR count). The van der Waals surface area contributed by atoms with Crippen LogP contribution in [0, 0.1) is 0 Å². The first-order valence-electron chi connectivity index (χ1n) is 6.66. The lowest BCUT2D eigenvalue weighted by Crippen LogP contribution is -2.21. The van der Waals surface area contributed by atoms with E-state index in [1.54, 1.807) is 12.1 Å². The summed E-state index contributed by atoms with van der Waals surface area (Å²) in [4.78, 5) is 24.8. The zero-order valence-electron chi connectivity index (χ0n) is 12.3. The van der Waals surface area contributed by atoms with Crippen LogP contribution in [0.15, 0.2) is 47.4 Å². The predicted molar refractivity (Wildman–Crippen MR) is 93.0 cm³/mol. The molecule has 2 aromatic carbocycles. The highest BCUT2D eigenvalue weighted by Gasteiger charge is 2.14. The molecule has 0 aliphatic rings. The smallest absolute Gasteiger partial charge is 0.340 e. The number of nitrogens with two attached hydrogens (primary N) is 1. The molecular weight excluding hydrogens is 336 g/mol. The molecule has 0 fully saturated rings. The molecule has 0 saturated carbocycles. The number of benzene rings is 2. The third-order valence-electron chi connectivity index (χ3n) is 2.95. The quantitative estimate of drug-likeness (QED) is 0.490. The van der Waals surface area contributed by atoms with Gasteiger partial charge in [-0.25, -0.2) is 4.79 Å². The van der Waals surface area contributed by atoms with Crippen LogP contribution in [0.3, 0.4) is 0 Å². The Morgan fingerprint density at radius 1 is 1.26 bits per heavy atom. The largest absolute Gasteiger partial charge is 0.452 e. The van der Waals surface area contributed by atoms with E-state index in [9.17, 15) is 9.59 Å². The van der Waals surface area contributed by atoms with Gasteiger partial charge in [0, 0.05) is 15.6 Å². The highest BCUT2D eigenvalue weighted by molar-refractivity contribution is 7.98. The van der Waals surface area contributed by atoms with E-state index in [1.165, 1.54) is 23.9 Å². The van der Waals surface area contributed by atoms with Crippen LogP contribution >= 0.6 is 23.4 Å². The van der Waals surface area contributed by atoms with Gasteiger partial charge in [-0.05, 0) is 36.6 Å². The highest BCUT2D eigenvalue weighted by Crippen LogP contribution is 2.24. The predicted octanol–water partition coefficient (Wildman–Crippen LogP) is 3.44. The number of hydrogen-bond acceptors (Lipinski definition) is 5. The highest BCUT2D eigenvalue weighted by atomic mass is 35.5. The van der Waals surface area contributed by atoms with Crippen molar-refractivity contribution in [2.24, 2.45) is 0 Å². The van der Waals surface area contributed by atoms with Crippen LogP contribution in [0.4, 0.5) is 11.4 Å². The average molecular weight is 351 g/mol. The number of esters is 1. The normalized spacial score (nSPS) is 10.2. The van der Waals surface area contributed by atoms with Crippen molar-refractivity contribution in [1.82, 2.24) is 0 Å². The van der Waals surface area contributed by atoms with E-state index in [-0.39, 0.29) is 11.3 Å². The second kappa shape index (κ2) is 7.89. The molecule has 0 atom stereocenters. The van der Waals surface area contributed by atoms with Gasteiger partial charge in [-0.1, -0.05) is 23.7 Å². The summed E-state index contributed by atoms with van der Waals surface area (Å²) in [5.41, 5.74) is 6.74. The number of hydrogen-bond donors (Lipinski definition) is 2. The van der Waals surface area contributed by atoms with E-state index in [0.717, 1.165) is 4.90 Å². The number of rotatable bonds is 5. The van der Waals surface area contributed by atoms with Crippen molar-refractivity contribution in [3.63, 3.8) is 0 Å². The summed E-state index contributed by atoms with van der Waals surface area (Å²) in [7, 11) is 0. The summed E-state index contributed by atoms with van der Waals surface area (Å²) in [5, 5.41) is 3.07. The van der Waals surface area contributed by atoms with Crippen LogP contribution in [-0.4, -0.2) is 24.7 Å². The van der Waals surface area contributed by atoms with E-state index in [0.29, 0.717) is 10.7 Å². The maximum atomic E-state index is 12.0. The number of anilines is 2. The summed E-state index contributed by atoms with van der Waals surface area (Å²) in [6.07, 6.45) is 1.91. The molecular formula is C16H15ClN2O3S. The summed E-state index contributed by atoms with van der Waals surface area (Å²) < 4.78 is 4.97. The van der Waals surface area contributed by atoms with Gasteiger partial charge in [-0.2, -0.15) is 0 Å². The Labute approximate surface area is 143 Å². The number of halogens is 1. The van der Waals surface area contributed by atoms with Crippen molar-refractivity contribution in [1.29, 1.82) is 0 Å². The van der Waals surface area contributed by atoms with Crippen LogP contribution in [-0.2, 0) is 9.53 Å². The third kappa shape index (κ3) is 4.64. The van der Waals surface area contributed by atoms with E-state index < -0.39 is 18.5 Å². The Balaban J connectivity index is 1.96. The maximum absolute atomic E-state index is 12.0. The molecule has 7 heteroatoms. The second-order valence-corrected chi connectivity index (χ2v) is 5.84. The Kier molecular flexibility index (Phi) is 5.90. The zero-order chi connectivity index (χ0) is 16.8. The molecule has 0 aliphatic carbocycles. The number of ether oxygens (including phenoxy) is 1. The van der Waals surface area contributed by atoms with Crippen molar-refractivity contribution in [2.45, 2.75) is 4.90 Å². The molecule has 0 aliphatic heterocycles. The van der Waals surface area contributed by atoms with Gasteiger partial charge in [0.2, 0.25) is 0 Å². The van der Waals surface area contributed by atoms with E-state index >= 15 is 0 Å². The van der Waals surface area contributed by atoms with Crippen LogP contribution in [0.5, 0.6) is 0 Å². The van der Waals surface area contributed by atoms with Gasteiger partial charge in [-0.3, -0.25) is 4.79 Å². The van der Waals surface area contributed by atoms with E-state index in [2.05, 4.69) is 5.32 Å². The Hall–Kier alpha value is -2.18. The Morgan fingerprint density at radius 2 is 2.00 bits per heavy atom. The molecule has 0 unspecified atom stereocenters. The number of nitrogen functional groups attached to an aromatic ring is 1. The zero-order valence-corrected chi connectivity index (χ0v) is 13.9. The lowest BCUT2D eigenvalue weighted by Gasteiger charge is -2.10. The van der Waals surface area contributed by atoms with Crippen molar-refractivity contribution < 1.29 is 14.3 Å². The topological polar surface area (TPSA) is 81.4 Å². The van der Waals surface area contributed by atoms with Crippen LogP contribution in [0.2, 0.25) is 5.02 Å². The molecule has 0 spiro atoms. The molecule has 0 heterocycles. The van der Waals surface area contributed by atoms with Gasteiger partial charge in [0.15, 0.2) is 6.61 Å². The van der Waals surface area contributed by atoms with Gasteiger partial charge in [-0.15, -0.1) is 11.8 Å². The van der Waals surface area contributed by atoms with Gasteiger partial charge >= 0.3 is 5.97 Å². The number of amides is 1. The summed E-state index contributed by atoms with van der Waals surface area (Å²) in [5.74, 6) is -1.13. The van der Waals surface area contributed by atoms with Gasteiger partial charge in [0.05, 0.1) is 11.3 Å². The van der Waals surface area contributed by atoms with Crippen LogP contribution < -0.4 is 11.1 Å². The second-order valence-electron chi connectivity index (χ2n) is 4.56. The standard InChI is InChI=1S/C16H15ClN2O3S/c1-23-14-5-3-2-4-13(14)19-15(20)9-22-16(21)11-8-10(17)6-7-12(11)18/h2-8H,9,18H2,1H3,(H,19,20). The number of carbonyl (C=O) groups is 2. The minimum absolute atomic E-state index is 0.134. The molecule has 23 heavy (non-hydrogen) atoms. The van der Waals surface area contributed by atoms with Crippen LogP contribution in [0.1, 0.15) is 10.4 Å². The lowest BCUT2D eigenvalue weighted by molar-refractivity contribution is -0.119. The first kappa shape index (κ1) is 17.2. The Morgan fingerprint density at radius 3 is 2.74 bits per heavy atom. The molecule has 3 N–H and O–H groups in total. The van der Waals surface area contributed by atoms with Crippen molar-refractivity contribution >= 4 is 46.6 Å². The van der Waals surface area contributed by atoms with Gasteiger partial charge < -0.3 is 15.8 Å². The first-order valence-corrected chi connectivity index (χ1v) is 8.26. The first-order chi connectivity index (χ1) is 11.0. The van der Waals surface area contributed by atoms with Gasteiger partial charge in [0.25, 0.3) is 5.91 Å². The van der Waals surface area contributed by atoms with Crippen LogP contribution in [0.25, 0.3) is 0 Å². The number of carbonyl (C=O) groups excluding carboxylic acids is 2. The van der Waals surface area contributed by atoms with E-state index in [4.69, 9.17) is 22.1 Å². The van der Waals surface area contributed by atoms with Crippen molar-refractivity contribution in [2.75, 3.05) is 23.9 Å². The molecule has 1 amide bonds. The van der Waals surface area contributed by atoms with Gasteiger partial charge in [0.1, 0.15) is 0 Å². The maximum Gasteiger partial charge on any atom is 0.340 e. The number of nitrogens with one attached hydrogen (secondary N) is 1. The molecule has 0 saturated heterocycles. The monoisotopic (exact) mass is 350 g/mol. The minimum atomic E-state index is -0.696. The fraction of sp³-hybridized carbons (Fsp3) is 0.125. The molecule has 120 valence electrons.